The quantitative estimate of drug-likeness (QED) is 0.122. The maximum Gasteiger partial charge on any atom is 0.343 e. The van der Waals surface area contributed by atoms with Crippen LogP contribution in [0.2, 0.25) is 18.1 Å². The van der Waals surface area contributed by atoms with E-state index in [1.807, 2.05) is 52.9 Å². The second-order valence-electron chi connectivity index (χ2n) is 13.6. The summed E-state index contributed by atoms with van der Waals surface area (Å²) in [7, 11) is -2.56. The van der Waals surface area contributed by atoms with Crippen LogP contribution in [0.3, 0.4) is 0 Å². The van der Waals surface area contributed by atoms with E-state index < -0.39 is 50.1 Å². The van der Waals surface area contributed by atoms with Gasteiger partial charge in [-0.15, -0.1) is 0 Å². The maximum atomic E-state index is 13.8. The highest BCUT2D eigenvalue weighted by atomic mass is 28.4. The Morgan fingerprint density at radius 2 is 1.40 bits per heavy atom. The second-order valence-corrected chi connectivity index (χ2v) is 18.0. The van der Waals surface area contributed by atoms with Crippen molar-refractivity contribution in [3.05, 3.63) is 83.3 Å². The van der Waals surface area contributed by atoms with Gasteiger partial charge in [0, 0.05) is 12.8 Å². The van der Waals surface area contributed by atoms with E-state index in [1.54, 1.807) is 48.5 Å². The standard InChI is InChI=1S/C37H52O9Si/c1-9-36(10-2)41-25-29(45-36)30(42-33(38)26-19-15-13-16-20-26)32(43-34(39)27-21-17-14-18-22-27)31-28(44-37(11-3,12-4)46-31)23-24-35(5,6)47(7,8)40/h13-22,28-30,40H,9-12,23-25H2,1-8H3/b32-31+. The predicted molar refractivity (Wildman–Crippen MR) is 181 cm³/mol. The summed E-state index contributed by atoms with van der Waals surface area (Å²) in [4.78, 5) is 38.6. The molecule has 3 unspecified atom stereocenters. The molecule has 0 bridgehead atoms. The first-order valence-corrected chi connectivity index (χ1v) is 19.9. The largest absolute Gasteiger partial charge is 0.460 e. The molecule has 0 spiro atoms. The van der Waals surface area contributed by atoms with Crippen molar-refractivity contribution in [3.8, 4) is 0 Å². The van der Waals surface area contributed by atoms with Crippen molar-refractivity contribution in [1.29, 1.82) is 0 Å². The molecule has 9 nitrogen and oxygen atoms in total. The minimum Gasteiger partial charge on any atom is -0.460 e. The predicted octanol–water partition coefficient (Wildman–Crippen LogP) is 7.90. The molecule has 2 fully saturated rings. The second kappa shape index (κ2) is 15.0. The summed E-state index contributed by atoms with van der Waals surface area (Å²) in [5, 5.41) is -0.352. The fraction of sp³-hybridized carbons (Fsp3) is 0.568. The number of carbonyl (C=O) groups excluding carboxylic acids is 2. The molecule has 0 radical (unpaired) electrons. The Morgan fingerprint density at radius 3 is 1.89 bits per heavy atom. The van der Waals surface area contributed by atoms with E-state index in [-0.39, 0.29) is 23.2 Å². The van der Waals surface area contributed by atoms with Crippen LogP contribution in [0.1, 0.15) is 101 Å². The van der Waals surface area contributed by atoms with Crippen LogP contribution in [0.25, 0.3) is 0 Å². The van der Waals surface area contributed by atoms with Gasteiger partial charge in [0.25, 0.3) is 0 Å². The number of esters is 2. The van der Waals surface area contributed by atoms with E-state index in [0.717, 1.165) is 0 Å². The molecule has 2 aromatic carbocycles. The molecule has 0 aromatic heterocycles. The topological polar surface area (TPSA) is 110 Å². The van der Waals surface area contributed by atoms with Crippen LogP contribution in [0.15, 0.2) is 72.2 Å². The molecule has 0 aliphatic carbocycles. The molecular formula is C37H52O9Si. The molecular weight excluding hydrogens is 616 g/mol. The Labute approximate surface area is 280 Å². The number of hydrogen-bond donors (Lipinski definition) is 1. The van der Waals surface area contributed by atoms with Crippen molar-refractivity contribution < 1.29 is 42.8 Å². The number of benzene rings is 2. The molecule has 258 valence electrons. The van der Waals surface area contributed by atoms with Crippen LogP contribution in [-0.4, -0.2) is 61.5 Å². The van der Waals surface area contributed by atoms with Crippen LogP contribution >= 0.6 is 0 Å². The third kappa shape index (κ3) is 8.35. The molecule has 0 saturated carbocycles. The first kappa shape index (κ1) is 36.8. The molecule has 0 amide bonds. The monoisotopic (exact) mass is 668 g/mol. The smallest absolute Gasteiger partial charge is 0.343 e. The Kier molecular flexibility index (Phi) is 11.8. The van der Waals surface area contributed by atoms with E-state index in [9.17, 15) is 14.4 Å². The lowest BCUT2D eigenvalue weighted by Gasteiger charge is -2.35. The minimum absolute atomic E-state index is 0.0202. The summed E-state index contributed by atoms with van der Waals surface area (Å²) in [5.41, 5.74) is 0.654. The highest BCUT2D eigenvalue weighted by Crippen LogP contribution is 2.46. The van der Waals surface area contributed by atoms with Crippen LogP contribution < -0.4 is 0 Å². The van der Waals surface area contributed by atoms with Crippen LogP contribution in [-0.2, 0) is 28.4 Å². The van der Waals surface area contributed by atoms with E-state index in [2.05, 4.69) is 13.8 Å². The Morgan fingerprint density at radius 1 is 0.872 bits per heavy atom. The van der Waals surface area contributed by atoms with E-state index in [0.29, 0.717) is 49.7 Å². The van der Waals surface area contributed by atoms with Crippen LogP contribution in [0, 0.1) is 0 Å². The number of ether oxygens (including phenoxy) is 6. The Bertz CT molecular complexity index is 1380. The number of rotatable bonds is 14. The highest BCUT2D eigenvalue weighted by Gasteiger charge is 2.51. The maximum absolute atomic E-state index is 13.8. The fourth-order valence-corrected chi connectivity index (χ4v) is 6.50. The molecule has 4 rings (SSSR count). The summed E-state index contributed by atoms with van der Waals surface area (Å²) >= 11 is 0. The summed E-state index contributed by atoms with van der Waals surface area (Å²) in [6, 6.07) is 17.3. The van der Waals surface area contributed by atoms with Crippen molar-refractivity contribution in [2.45, 2.75) is 128 Å². The zero-order chi connectivity index (χ0) is 34.5. The zero-order valence-electron chi connectivity index (χ0n) is 29.2. The first-order valence-electron chi connectivity index (χ1n) is 16.9. The van der Waals surface area contributed by atoms with Gasteiger partial charge in [0.05, 0.1) is 17.7 Å². The van der Waals surface area contributed by atoms with Crippen molar-refractivity contribution in [3.63, 3.8) is 0 Å². The zero-order valence-corrected chi connectivity index (χ0v) is 30.2. The van der Waals surface area contributed by atoms with Gasteiger partial charge in [-0.05, 0) is 68.1 Å². The van der Waals surface area contributed by atoms with Crippen LogP contribution in [0.5, 0.6) is 0 Å². The lowest BCUT2D eigenvalue weighted by atomic mass is 10.0. The van der Waals surface area contributed by atoms with Gasteiger partial charge in [0.2, 0.25) is 5.79 Å². The van der Waals surface area contributed by atoms with Gasteiger partial charge in [-0.2, -0.15) is 0 Å². The third-order valence-electron chi connectivity index (χ3n) is 9.96. The van der Waals surface area contributed by atoms with Crippen molar-refractivity contribution in [2.24, 2.45) is 0 Å². The lowest BCUT2D eigenvalue weighted by Crippen LogP contribution is -2.40. The highest BCUT2D eigenvalue weighted by molar-refractivity contribution is 6.72. The van der Waals surface area contributed by atoms with Gasteiger partial charge in [0.1, 0.15) is 12.2 Å². The Balaban J connectivity index is 1.88. The van der Waals surface area contributed by atoms with Crippen molar-refractivity contribution in [1.82, 2.24) is 0 Å². The van der Waals surface area contributed by atoms with Crippen molar-refractivity contribution >= 4 is 20.3 Å². The summed E-state index contributed by atoms with van der Waals surface area (Å²) in [6.07, 6.45) is 0.627. The van der Waals surface area contributed by atoms with Gasteiger partial charge in [-0.25, -0.2) is 9.59 Å². The van der Waals surface area contributed by atoms with Gasteiger partial charge >= 0.3 is 11.9 Å². The first-order chi connectivity index (χ1) is 22.2. The average Bonchev–Trinajstić information content (AvgIpc) is 3.68. The fourth-order valence-electron chi connectivity index (χ4n) is 5.75. The summed E-state index contributed by atoms with van der Waals surface area (Å²) in [5.74, 6) is -2.82. The summed E-state index contributed by atoms with van der Waals surface area (Å²) < 4.78 is 38.6. The third-order valence-corrected chi connectivity index (χ3v) is 13.5. The molecule has 1 N–H and O–H groups in total. The summed E-state index contributed by atoms with van der Waals surface area (Å²) in [6.45, 7) is 16.0. The van der Waals surface area contributed by atoms with E-state index in [1.165, 1.54) is 0 Å². The molecule has 47 heavy (non-hydrogen) atoms. The SMILES string of the molecule is CCC1(CC)O/C(=C(/OC(=O)c2ccccc2)C(OC(=O)c2ccccc2)C2COC(CC)(CC)O2)C(CCC(C)(C)[Si](C)(C)O)O1. The van der Waals surface area contributed by atoms with Gasteiger partial charge < -0.3 is 33.2 Å². The molecule has 3 atom stereocenters. The lowest BCUT2D eigenvalue weighted by molar-refractivity contribution is -0.181. The molecule has 2 aliphatic rings. The van der Waals surface area contributed by atoms with Gasteiger partial charge in [-0.1, -0.05) is 77.9 Å². The molecule has 2 aromatic rings. The van der Waals surface area contributed by atoms with Gasteiger partial charge in [0.15, 0.2) is 31.7 Å². The molecule has 2 saturated heterocycles. The molecule has 2 aliphatic heterocycles. The number of carbonyl (C=O) groups is 2. The minimum atomic E-state index is -2.56. The average molecular weight is 669 g/mol. The Hall–Kier alpha value is -3.02. The van der Waals surface area contributed by atoms with E-state index >= 15 is 0 Å². The van der Waals surface area contributed by atoms with E-state index in [4.69, 9.17) is 28.4 Å². The normalized spacial score (nSPS) is 22.3. The molecule has 10 heteroatoms. The van der Waals surface area contributed by atoms with Crippen LogP contribution in [0.4, 0.5) is 0 Å². The van der Waals surface area contributed by atoms with Gasteiger partial charge in [-0.3, -0.25) is 0 Å². The van der Waals surface area contributed by atoms with Crippen molar-refractivity contribution in [2.75, 3.05) is 6.61 Å². The number of hydrogen-bond acceptors (Lipinski definition) is 9. The molecule has 2 heterocycles.